The fraction of sp³-hybridized carbons (Fsp3) is 0.533. The molecule has 1 atom stereocenters. The molecule has 1 N–H and O–H groups in total. The van der Waals surface area contributed by atoms with Crippen LogP contribution in [0, 0.1) is 0 Å². The molecule has 3 rings (SSSR count). The Morgan fingerprint density at radius 3 is 3.09 bits per heavy atom. The Morgan fingerprint density at radius 2 is 2.36 bits per heavy atom. The highest BCUT2D eigenvalue weighted by molar-refractivity contribution is 7.80. The van der Waals surface area contributed by atoms with Crippen LogP contribution in [0.2, 0.25) is 0 Å². The average molecular weight is 321 g/mol. The van der Waals surface area contributed by atoms with Crippen LogP contribution in [-0.2, 0) is 0 Å². The molecule has 0 saturated carbocycles. The Morgan fingerprint density at radius 1 is 1.50 bits per heavy atom. The number of rotatable bonds is 5. The molecule has 22 heavy (non-hydrogen) atoms. The monoisotopic (exact) mass is 321 g/mol. The topological polar surface area (TPSA) is 45.5 Å². The number of nitrogens with zero attached hydrogens (tertiary/aromatic N) is 4. The summed E-state index contributed by atoms with van der Waals surface area (Å²) in [5.41, 5.74) is 1.52. The van der Waals surface area contributed by atoms with Gasteiger partial charge in [-0.15, -0.1) is 5.10 Å². The Balaban J connectivity index is 1.84. The van der Waals surface area contributed by atoms with Crippen molar-refractivity contribution in [1.29, 1.82) is 0 Å². The lowest BCUT2D eigenvalue weighted by molar-refractivity contribution is 0.364. The van der Waals surface area contributed by atoms with Crippen LogP contribution in [0.4, 0.5) is 10.2 Å². The molecule has 0 amide bonds. The number of unbranched alkanes of at least 4 members (excludes halogenated alkanes) is 1. The molecule has 7 heteroatoms. The van der Waals surface area contributed by atoms with E-state index >= 15 is 0 Å². The standard InChI is InChI=1S/C15H20FN5S/c1-2-3-7-17-15(22)12-9-18-13-4-5-14(19-21(12)13)20-8-6-11(16)10-20/h4-5,9,11H,2-3,6-8,10H2,1H3,(H,17,22). The SMILES string of the molecule is CCCCNC(=S)c1cnc2ccc(N3CCC(F)C3)nn12. The van der Waals surface area contributed by atoms with E-state index in [9.17, 15) is 4.39 Å². The normalized spacial score (nSPS) is 18.1. The predicted molar refractivity (Wildman–Crippen MR) is 89.3 cm³/mol. The minimum atomic E-state index is -0.767. The third-order valence-electron chi connectivity index (χ3n) is 3.85. The van der Waals surface area contributed by atoms with Gasteiger partial charge in [0.05, 0.1) is 12.7 Å². The number of nitrogens with one attached hydrogen (secondary N) is 1. The Hall–Kier alpha value is -1.76. The maximum Gasteiger partial charge on any atom is 0.154 e. The number of aromatic nitrogens is 3. The summed E-state index contributed by atoms with van der Waals surface area (Å²) in [5, 5.41) is 7.82. The molecule has 1 aliphatic heterocycles. The molecule has 1 fully saturated rings. The molecule has 2 aromatic rings. The number of halogens is 1. The van der Waals surface area contributed by atoms with Crippen LogP contribution in [0.15, 0.2) is 18.3 Å². The van der Waals surface area contributed by atoms with Gasteiger partial charge >= 0.3 is 0 Å². The van der Waals surface area contributed by atoms with Gasteiger partial charge in [-0.25, -0.2) is 13.9 Å². The number of hydrogen-bond donors (Lipinski definition) is 1. The van der Waals surface area contributed by atoms with Gasteiger partial charge in [-0.2, -0.15) is 0 Å². The minimum absolute atomic E-state index is 0.404. The van der Waals surface area contributed by atoms with Crippen molar-refractivity contribution in [1.82, 2.24) is 19.9 Å². The molecule has 0 radical (unpaired) electrons. The molecule has 0 aromatic carbocycles. The van der Waals surface area contributed by atoms with Gasteiger partial charge in [0.2, 0.25) is 0 Å². The molecule has 5 nitrogen and oxygen atoms in total. The molecule has 0 spiro atoms. The number of fused-ring (bicyclic) bond motifs is 1. The predicted octanol–water partition coefficient (Wildman–Crippen LogP) is 2.34. The van der Waals surface area contributed by atoms with Crippen LogP contribution in [0.3, 0.4) is 0 Å². The van der Waals surface area contributed by atoms with Crippen molar-refractivity contribution in [2.45, 2.75) is 32.4 Å². The van der Waals surface area contributed by atoms with E-state index < -0.39 is 6.17 Å². The van der Waals surface area contributed by atoms with E-state index in [4.69, 9.17) is 12.2 Å². The second-order valence-electron chi connectivity index (χ2n) is 5.55. The maximum absolute atomic E-state index is 13.4. The van der Waals surface area contributed by atoms with Gasteiger partial charge in [0.15, 0.2) is 5.65 Å². The Labute approximate surface area is 134 Å². The Bertz CT molecular complexity index is 671. The highest BCUT2D eigenvalue weighted by atomic mass is 32.1. The molecular formula is C15H20FN5S. The first-order valence-corrected chi connectivity index (χ1v) is 8.12. The highest BCUT2D eigenvalue weighted by Crippen LogP contribution is 2.20. The quantitative estimate of drug-likeness (QED) is 0.676. The molecule has 0 aliphatic carbocycles. The van der Waals surface area contributed by atoms with Crippen molar-refractivity contribution < 1.29 is 4.39 Å². The summed E-state index contributed by atoms with van der Waals surface area (Å²) >= 11 is 5.43. The molecule has 118 valence electrons. The van der Waals surface area contributed by atoms with E-state index in [1.807, 2.05) is 17.0 Å². The molecule has 1 aliphatic rings. The first-order valence-electron chi connectivity index (χ1n) is 7.71. The molecule has 0 bridgehead atoms. The van der Waals surface area contributed by atoms with Crippen LogP contribution in [-0.4, -0.2) is 45.4 Å². The molecule has 2 aromatic heterocycles. The largest absolute Gasteiger partial charge is 0.374 e. The smallest absolute Gasteiger partial charge is 0.154 e. The fourth-order valence-corrected chi connectivity index (χ4v) is 2.82. The van der Waals surface area contributed by atoms with Crippen LogP contribution in [0.5, 0.6) is 0 Å². The zero-order chi connectivity index (χ0) is 15.5. The summed E-state index contributed by atoms with van der Waals surface area (Å²) in [4.78, 5) is 6.94. The van der Waals surface area contributed by atoms with Gasteiger partial charge < -0.3 is 10.2 Å². The van der Waals surface area contributed by atoms with E-state index in [1.165, 1.54) is 0 Å². The minimum Gasteiger partial charge on any atom is -0.374 e. The van der Waals surface area contributed by atoms with Crippen molar-refractivity contribution in [3.8, 4) is 0 Å². The van der Waals surface area contributed by atoms with Gasteiger partial charge in [-0.05, 0) is 25.0 Å². The highest BCUT2D eigenvalue weighted by Gasteiger charge is 2.23. The second kappa shape index (κ2) is 6.56. The molecule has 3 heterocycles. The van der Waals surface area contributed by atoms with Crippen molar-refractivity contribution in [2.24, 2.45) is 0 Å². The van der Waals surface area contributed by atoms with Crippen LogP contribution >= 0.6 is 12.2 Å². The first kappa shape index (κ1) is 15.1. The lowest BCUT2D eigenvalue weighted by Gasteiger charge is -2.16. The lowest BCUT2D eigenvalue weighted by atomic mass is 10.3. The van der Waals surface area contributed by atoms with Gasteiger partial charge in [-0.1, -0.05) is 25.6 Å². The second-order valence-corrected chi connectivity index (χ2v) is 5.95. The van der Waals surface area contributed by atoms with Crippen molar-refractivity contribution in [3.63, 3.8) is 0 Å². The van der Waals surface area contributed by atoms with Crippen molar-refractivity contribution >= 4 is 28.7 Å². The zero-order valence-electron chi connectivity index (χ0n) is 12.6. The van der Waals surface area contributed by atoms with Crippen molar-refractivity contribution in [3.05, 3.63) is 24.0 Å². The van der Waals surface area contributed by atoms with Gasteiger partial charge in [0.1, 0.15) is 22.7 Å². The lowest BCUT2D eigenvalue weighted by Crippen LogP contribution is -2.26. The number of hydrogen-bond acceptors (Lipinski definition) is 4. The van der Waals surface area contributed by atoms with E-state index in [1.54, 1.807) is 10.7 Å². The summed E-state index contributed by atoms with van der Waals surface area (Å²) in [6, 6.07) is 3.78. The van der Waals surface area contributed by atoms with Crippen LogP contribution in [0.25, 0.3) is 5.65 Å². The number of anilines is 1. The summed E-state index contributed by atoms with van der Waals surface area (Å²) in [5.74, 6) is 0.767. The third kappa shape index (κ3) is 3.04. The van der Waals surface area contributed by atoms with Gasteiger partial charge in [0, 0.05) is 13.1 Å². The Kier molecular flexibility index (Phi) is 4.52. The van der Waals surface area contributed by atoms with E-state index in [2.05, 4.69) is 22.3 Å². The molecule has 1 unspecified atom stereocenters. The van der Waals surface area contributed by atoms with Gasteiger partial charge in [-0.3, -0.25) is 0 Å². The summed E-state index contributed by atoms with van der Waals surface area (Å²) in [6.45, 7) is 4.09. The average Bonchev–Trinajstić information content (AvgIpc) is 3.12. The fourth-order valence-electron chi connectivity index (χ4n) is 2.58. The number of imidazole rings is 1. The van der Waals surface area contributed by atoms with Crippen LogP contribution < -0.4 is 10.2 Å². The zero-order valence-corrected chi connectivity index (χ0v) is 13.4. The van der Waals surface area contributed by atoms with Crippen molar-refractivity contribution in [2.75, 3.05) is 24.5 Å². The van der Waals surface area contributed by atoms with E-state index in [-0.39, 0.29) is 0 Å². The van der Waals surface area contributed by atoms with E-state index in [0.29, 0.717) is 24.5 Å². The number of thiocarbonyl (C=S) groups is 1. The summed E-state index contributed by atoms with van der Waals surface area (Å²) < 4.78 is 15.1. The summed E-state index contributed by atoms with van der Waals surface area (Å²) in [7, 11) is 0. The maximum atomic E-state index is 13.4. The first-order chi connectivity index (χ1) is 10.7. The third-order valence-corrected chi connectivity index (χ3v) is 4.20. The molecule has 1 saturated heterocycles. The van der Waals surface area contributed by atoms with Gasteiger partial charge in [0.25, 0.3) is 0 Å². The van der Waals surface area contributed by atoms with Crippen LogP contribution in [0.1, 0.15) is 31.9 Å². The van der Waals surface area contributed by atoms with E-state index in [0.717, 1.165) is 36.5 Å². The molecular weight excluding hydrogens is 301 g/mol. The number of alkyl halides is 1. The summed E-state index contributed by atoms with van der Waals surface area (Å²) in [6.07, 6.45) is 3.71.